The predicted molar refractivity (Wildman–Crippen MR) is 63.2 cm³/mol. The molecule has 0 saturated carbocycles. The maximum Gasteiger partial charge on any atom is 0.295 e. The topological polar surface area (TPSA) is 81.2 Å². The van der Waals surface area contributed by atoms with E-state index in [-0.39, 0.29) is 10.2 Å². The van der Waals surface area contributed by atoms with Crippen LogP contribution in [0.2, 0.25) is 0 Å². The minimum absolute atomic E-state index is 0.0633. The third-order valence-corrected chi connectivity index (χ3v) is 2.68. The van der Waals surface area contributed by atoms with Crippen LogP contribution in [0, 0.1) is 15.9 Å². The zero-order valence-corrected chi connectivity index (χ0v) is 10.5. The molecule has 0 bridgehead atoms. The number of hydrogen-bond donors (Lipinski definition) is 2. The molecule has 0 aliphatic carbocycles. The second-order valence-corrected chi connectivity index (χ2v) is 4.31. The fourth-order valence-electron chi connectivity index (χ4n) is 1.13. The van der Waals surface area contributed by atoms with Gasteiger partial charge in [0.2, 0.25) is 0 Å². The highest BCUT2D eigenvalue weighted by molar-refractivity contribution is 9.10. The Balaban J connectivity index is 3.01. The SMILES string of the molecule is NCC(F)(F)CNc1cc(Br)c(F)cc1[N+](=O)[O-]. The molecule has 0 radical (unpaired) electrons. The van der Waals surface area contributed by atoms with Gasteiger partial charge in [-0.05, 0) is 22.0 Å². The first-order valence-corrected chi connectivity index (χ1v) is 5.51. The molecule has 0 amide bonds. The van der Waals surface area contributed by atoms with Gasteiger partial charge in [0.1, 0.15) is 11.5 Å². The van der Waals surface area contributed by atoms with Gasteiger partial charge >= 0.3 is 0 Å². The number of nitrogens with two attached hydrogens (primary N) is 1. The van der Waals surface area contributed by atoms with E-state index in [1.165, 1.54) is 0 Å². The highest BCUT2D eigenvalue weighted by atomic mass is 79.9. The average molecular weight is 328 g/mol. The van der Waals surface area contributed by atoms with Crippen molar-refractivity contribution in [2.45, 2.75) is 5.92 Å². The summed E-state index contributed by atoms with van der Waals surface area (Å²) >= 11 is 2.82. The molecular weight excluding hydrogens is 319 g/mol. The van der Waals surface area contributed by atoms with Gasteiger partial charge in [0, 0.05) is 0 Å². The summed E-state index contributed by atoms with van der Waals surface area (Å²) in [6.07, 6.45) is 0. The number of anilines is 1. The molecule has 3 N–H and O–H groups in total. The van der Waals surface area contributed by atoms with Crippen molar-refractivity contribution in [2.24, 2.45) is 5.73 Å². The Morgan fingerprint density at radius 1 is 1.50 bits per heavy atom. The number of hydrogen-bond acceptors (Lipinski definition) is 4. The van der Waals surface area contributed by atoms with E-state index in [9.17, 15) is 23.3 Å². The normalized spacial score (nSPS) is 11.4. The first-order valence-electron chi connectivity index (χ1n) is 4.72. The Kier molecular flexibility index (Phi) is 4.52. The molecule has 1 aromatic carbocycles. The van der Waals surface area contributed by atoms with Crippen LogP contribution in [0.15, 0.2) is 16.6 Å². The van der Waals surface area contributed by atoms with Crippen LogP contribution in [0.1, 0.15) is 0 Å². The number of nitro benzene ring substituents is 1. The molecule has 0 unspecified atom stereocenters. The average Bonchev–Trinajstić information content (AvgIpc) is 2.30. The Labute approximate surface area is 108 Å². The lowest BCUT2D eigenvalue weighted by molar-refractivity contribution is -0.384. The van der Waals surface area contributed by atoms with Gasteiger partial charge in [0.05, 0.1) is 28.6 Å². The van der Waals surface area contributed by atoms with E-state index in [4.69, 9.17) is 5.73 Å². The first kappa shape index (κ1) is 14.7. The molecule has 0 spiro atoms. The van der Waals surface area contributed by atoms with Crippen LogP contribution in [0.4, 0.5) is 24.5 Å². The maximum absolute atomic E-state index is 13.1. The largest absolute Gasteiger partial charge is 0.373 e. The minimum Gasteiger partial charge on any atom is -0.373 e. The van der Waals surface area contributed by atoms with Crippen molar-refractivity contribution in [1.29, 1.82) is 0 Å². The Morgan fingerprint density at radius 3 is 2.61 bits per heavy atom. The molecule has 1 aromatic rings. The minimum atomic E-state index is -3.20. The van der Waals surface area contributed by atoms with E-state index in [0.29, 0.717) is 6.07 Å². The molecule has 0 heterocycles. The lowest BCUT2D eigenvalue weighted by Gasteiger charge is -2.15. The second kappa shape index (κ2) is 5.53. The van der Waals surface area contributed by atoms with Crippen molar-refractivity contribution in [3.8, 4) is 0 Å². The lowest BCUT2D eigenvalue weighted by Crippen LogP contribution is -2.35. The standard InChI is InChI=1S/C9H9BrF3N3O2/c10-5-1-7(15-4-9(12,13)3-14)8(16(17)18)2-6(5)11/h1-2,15H,3-4,14H2. The van der Waals surface area contributed by atoms with Crippen molar-refractivity contribution >= 4 is 27.3 Å². The summed E-state index contributed by atoms with van der Waals surface area (Å²) in [6, 6.07) is 1.67. The van der Waals surface area contributed by atoms with E-state index in [1.807, 2.05) is 0 Å². The summed E-state index contributed by atoms with van der Waals surface area (Å²) in [7, 11) is 0. The smallest absolute Gasteiger partial charge is 0.295 e. The summed E-state index contributed by atoms with van der Waals surface area (Å²) in [5.74, 6) is -4.05. The fraction of sp³-hybridized carbons (Fsp3) is 0.333. The van der Waals surface area contributed by atoms with E-state index in [0.717, 1.165) is 6.07 Å². The van der Waals surface area contributed by atoms with Crippen molar-refractivity contribution in [3.63, 3.8) is 0 Å². The number of nitro groups is 1. The van der Waals surface area contributed by atoms with Crippen LogP contribution in [0.5, 0.6) is 0 Å². The molecule has 9 heteroatoms. The zero-order chi connectivity index (χ0) is 13.9. The highest BCUT2D eigenvalue weighted by Gasteiger charge is 2.28. The van der Waals surface area contributed by atoms with Gasteiger partial charge in [-0.1, -0.05) is 0 Å². The molecule has 0 saturated heterocycles. The maximum atomic E-state index is 13.1. The third kappa shape index (κ3) is 3.57. The Bertz CT molecular complexity index is 471. The van der Waals surface area contributed by atoms with Crippen LogP contribution >= 0.6 is 15.9 Å². The monoisotopic (exact) mass is 327 g/mol. The Morgan fingerprint density at radius 2 is 2.11 bits per heavy atom. The number of benzene rings is 1. The van der Waals surface area contributed by atoms with Crippen molar-refractivity contribution in [2.75, 3.05) is 18.4 Å². The van der Waals surface area contributed by atoms with E-state index in [2.05, 4.69) is 21.2 Å². The number of nitrogens with zero attached hydrogens (tertiary/aromatic N) is 1. The lowest BCUT2D eigenvalue weighted by atomic mass is 10.2. The second-order valence-electron chi connectivity index (χ2n) is 3.45. The summed E-state index contributed by atoms with van der Waals surface area (Å²) in [4.78, 5) is 9.79. The van der Waals surface area contributed by atoms with Gasteiger partial charge in [0.15, 0.2) is 0 Å². The van der Waals surface area contributed by atoms with Crippen molar-refractivity contribution < 1.29 is 18.1 Å². The zero-order valence-electron chi connectivity index (χ0n) is 8.92. The molecule has 0 atom stereocenters. The fourth-order valence-corrected chi connectivity index (χ4v) is 1.47. The number of nitrogens with one attached hydrogen (secondary N) is 1. The summed E-state index contributed by atoms with van der Waals surface area (Å²) < 4.78 is 38.9. The first-order chi connectivity index (χ1) is 8.26. The quantitative estimate of drug-likeness (QED) is 0.643. The van der Waals surface area contributed by atoms with Gasteiger partial charge < -0.3 is 11.1 Å². The van der Waals surface area contributed by atoms with Gasteiger partial charge in [-0.2, -0.15) is 0 Å². The molecular formula is C9H9BrF3N3O2. The highest BCUT2D eigenvalue weighted by Crippen LogP contribution is 2.31. The van der Waals surface area contributed by atoms with E-state index < -0.39 is 35.4 Å². The van der Waals surface area contributed by atoms with E-state index in [1.54, 1.807) is 0 Å². The van der Waals surface area contributed by atoms with Crippen LogP contribution in [0.25, 0.3) is 0 Å². The summed E-state index contributed by atoms with van der Waals surface area (Å²) in [5.41, 5.74) is 4.00. The predicted octanol–water partition coefficient (Wildman–Crippen LogP) is 2.50. The molecule has 1 rings (SSSR count). The molecule has 18 heavy (non-hydrogen) atoms. The van der Waals surface area contributed by atoms with Crippen molar-refractivity contribution in [1.82, 2.24) is 0 Å². The van der Waals surface area contributed by atoms with E-state index >= 15 is 0 Å². The number of rotatable bonds is 5. The van der Waals surface area contributed by atoms with Crippen LogP contribution < -0.4 is 11.1 Å². The molecule has 100 valence electrons. The van der Waals surface area contributed by atoms with Crippen LogP contribution in [-0.4, -0.2) is 23.9 Å². The summed E-state index contributed by atoms with van der Waals surface area (Å²) in [5, 5.41) is 12.8. The van der Waals surface area contributed by atoms with Gasteiger partial charge in [0.25, 0.3) is 11.6 Å². The molecule has 5 nitrogen and oxygen atoms in total. The molecule has 0 aliphatic heterocycles. The molecule has 0 aromatic heterocycles. The van der Waals surface area contributed by atoms with Crippen molar-refractivity contribution in [3.05, 3.63) is 32.5 Å². The van der Waals surface area contributed by atoms with Gasteiger partial charge in [-0.3, -0.25) is 10.1 Å². The van der Waals surface area contributed by atoms with Crippen LogP contribution in [-0.2, 0) is 0 Å². The van der Waals surface area contributed by atoms with Gasteiger partial charge in [-0.25, -0.2) is 13.2 Å². The third-order valence-electron chi connectivity index (χ3n) is 2.07. The molecule has 0 aliphatic rings. The molecule has 0 fully saturated rings. The number of alkyl halides is 2. The summed E-state index contributed by atoms with van der Waals surface area (Å²) in [6.45, 7) is -1.77. The Hall–Kier alpha value is -1.35. The van der Waals surface area contributed by atoms with Gasteiger partial charge in [-0.15, -0.1) is 0 Å². The van der Waals surface area contributed by atoms with Crippen LogP contribution in [0.3, 0.4) is 0 Å². The number of halogens is 4.